The Bertz CT molecular complexity index is 717. The van der Waals surface area contributed by atoms with Crippen molar-refractivity contribution in [3.8, 4) is 11.3 Å². The summed E-state index contributed by atoms with van der Waals surface area (Å²) in [5, 5.41) is 9.72. The van der Waals surface area contributed by atoms with Gasteiger partial charge in [0.15, 0.2) is 0 Å². The number of fused-ring (bicyclic) bond motifs is 1. The van der Waals surface area contributed by atoms with Crippen molar-refractivity contribution in [1.82, 2.24) is 10.2 Å². The van der Waals surface area contributed by atoms with E-state index in [0.717, 1.165) is 22.2 Å². The highest BCUT2D eigenvalue weighted by atomic mass is 15.1. The minimum atomic E-state index is 0.936. The molecule has 88 valence electrons. The fourth-order valence-corrected chi connectivity index (χ4v) is 2.22. The minimum Gasteiger partial charge on any atom is -0.150 e. The van der Waals surface area contributed by atoms with Crippen LogP contribution in [0.1, 0.15) is 11.1 Å². The standard InChI is InChI=1S/C16H14N2/c1-11-7-8-14(12(2)9-11)16-10-13-5-3-4-6-15(13)17-18-16/h3-10H,1-2H3. The molecule has 1 aromatic heterocycles. The average Bonchev–Trinajstić information content (AvgIpc) is 2.38. The number of benzene rings is 2. The van der Waals surface area contributed by atoms with Crippen molar-refractivity contribution in [2.45, 2.75) is 13.8 Å². The van der Waals surface area contributed by atoms with Crippen LogP contribution in [0.5, 0.6) is 0 Å². The van der Waals surface area contributed by atoms with E-state index in [9.17, 15) is 0 Å². The Morgan fingerprint density at radius 3 is 2.50 bits per heavy atom. The molecule has 0 radical (unpaired) electrons. The third-order valence-corrected chi connectivity index (χ3v) is 3.15. The van der Waals surface area contributed by atoms with Gasteiger partial charge in [-0.3, -0.25) is 0 Å². The fraction of sp³-hybridized carbons (Fsp3) is 0.125. The molecule has 0 spiro atoms. The van der Waals surface area contributed by atoms with Gasteiger partial charge in [0.2, 0.25) is 0 Å². The van der Waals surface area contributed by atoms with Gasteiger partial charge in [0.25, 0.3) is 0 Å². The molecule has 1 heterocycles. The van der Waals surface area contributed by atoms with E-state index in [0.29, 0.717) is 0 Å². The van der Waals surface area contributed by atoms with Gasteiger partial charge in [-0.1, -0.05) is 42.0 Å². The highest BCUT2D eigenvalue weighted by Crippen LogP contribution is 2.24. The molecule has 18 heavy (non-hydrogen) atoms. The zero-order chi connectivity index (χ0) is 12.5. The zero-order valence-corrected chi connectivity index (χ0v) is 10.5. The molecule has 3 rings (SSSR count). The quantitative estimate of drug-likeness (QED) is 0.638. The van der Waals surface area contributed by atoms with Gasteiger partial charge < -0.3 is 0 Å². The summed E-state index contributed by atoms with van der Waals surface area (Å²) >= 11 is 0. The molecule has 0 unspecified atom stereocenters. The lowest BCUT2D eigenvalue weighted by Gasteiger charge is -2.06. The predicted molar refractivity (Wildman–Crippen MR) is 74.4 cm³/mol. The molecule has 2 heteroatoms. The van der Waals surface area contributed by atoms with Crippen LogP contribution in [0.15, 0.2) is 48.5 Å². The number of hydrogen-bond donors (Lipinski definition) is 0. The van der Waals surface area contributed by atoms with Crippen molar-refractivity contribution >= 4 is 10.9 Å². The first-order chi connectivity index (χ1) is 8.74. The third kappa shape index (κ3) is 1.86. The van der Waals surface area contributed by atoms with Gasteiger partial charge in [0, 0.05) is 10.9 Å². The Labute approximate surface area is 106 Å². The molecule has 0 N–H and O–H groups in total. The average molecular weight is 234 g/mol. The van der Waals surface area contributed by atoms with Gasteiger partial charge in [-0.25, -0.2) is 0 Å². The van der Waals surface area contributed by atoms with E-state index < -0.39 is 0 Å². The lowest BCUT2D eigenvalue weighted by Crippen LogP contribution is -1.91. The number of aryl methyl sites for hydroxylation is 2. The van der Waals surface area contributed by atoms with Crippen LogP contribution in [0.4, 0.5) is 0 Å². The van der Waals surface area contributed by atoms with Crippen LogP contribution in [0, 0.1) is 13.8 Å². The first-order valence-electron chi connectivity index (χ1n) is 6.04. The second-order valence-electron chi connectivity index (χ2n) is 4.61. The Hall–Kier alpha value is -2.22. The van der Waals surface area contributed by atoms with E-state index in [1.807, 2.05) is 18.2 Å². The van der Waals surface area contributed by atoms with Gasteiger partial charge >= 0.3 is 0 Å². The van der Waals surface area contributed by atoms with Crippen molar-refractivity contribution in [1.29, 1.82) is 0 Å². The summed E-state index contributed by atoms with van der Waals surface area (Å²) in [4.78, 5) is 0. The van der Waals surface area contributed by atoms with E-state index >= 15 is 0 Å². The molecule has 3 aromatic rings. The van der Waals surface area contributed by atoms with Crippen LogP contribution in [-0.4, -0.2) is 10.2 Å². The molecule has 0 aliphatic rings. The first-order valence-corrected chi connectivity index (χ1v) is 6.04. The Morgan fingerprint density at radius 1 is 0.833 bits per heavy atom. The highest BCUT2D eigenvalue weighted by molar-refractivity contribution is 5.82. The second kappa shape index (κ2) is 4.22. The Balaban J connectivity index is 2.19. The SMILES string of the molecule is Cc1ccc(-c2cc3ccccc3nn2)c(C)c1. The van der Waals surface area contributed by atoms with Crippen LogP contribution >= 0.6 is 0 Å². The summed E-state index contributed by atoms with van der Waals surface area (Å²) in [5.41, 5.74) is 5.53. The predicted octanol–water partition coefficient (Wildman–Crippen LogP) is 3.91. The highest BCUT2D eigenvalue weighted by Gasteiger charge is 2.05. The summed E-state index contributed by atoms with van der Waals surface area (Å²) < 4.78 is 0. The summed E-state index contributed by atoms with van der Waals surface area (Å²) in [6.07, 6.45) is 0. The van der Waals surface area contributed by atoms with Crippen molar-refractivity contribution in [2.24, 2.45) is 0 Å². The van der Waals surface area contributed by atoms with Gasteiger partial charge in [-0.15, -0.1) is 10.2 Å². The molecule has 0 bridgehead atoms. The zero-order valence-electron chi connectivity index (χ0n) is 10.5. The van der Waals surface area contributed by atoms with Crippen LogP contribution in [-0.2, 0) is 0 Å². The summed E-state index contributed by atoms with van der Waals surface area (Å²) in [6.45, 7) is 4.21. The van der Waals surface area contributed by atoms with Crippen LogP contribution in [0.2, 0.25) is 0 Å². The summed E-state index contributed by atoms with van der Waals surface area (Å²) in [7, 11) is 0. The van der Waals surface area contributed by atoms with Crippen LogP contribution in [0.25, 0.3) is 22.2 Å². The molecule has 0 fully saturated rings. The van der Waals surface area contributed by atoms with Crippen molar-refractivity contribution in [3.05, 3.63) is 59.7 Å². The Morgan fingerprint density at radius 2 is 1.67 bits per heavy atom. The fourth-order valence-electron chi connectivity index (χ4n) is 2.22. The summed E-state index contributed by atoms with van der Waals surface area (Å²) in [6, 6.07) is 16.5. The normalized spacial score (nSPS) is 10.8. The van der Waals surface area contributed by atoms with E-state index in [1.54, 1.807) is 0 Å². The maximum Gasteiger partial charge on any atom is 0.0938 e. The van der Waals surface area contributed by atoms with Gasteiger partial charge in [0.1, 0.15) is 0 Å². The lowest BCUT2D eigenvalue weighted by molar-refractivity contribution is 1.08. The molecule has 2 aromatic carbocycles. The van der Waals surface area contributed by atoms with E-state index in [2.05, 4.69) is 54.4 Å². The smallest absolute Gasteiger partial charge is 0.0938 e. The lowest BCUT2D eigenvalue weighted by atomic mass is 10.0. The van der Waals surface area contributed by atoms with E-state index in [4.69, 9.17) is 0 Å². The van der Waals surface area contributed by atoms with Gasteiger partial charge in [0.05, 0.1) is 11.2 Å². The molecule has 2 nitrogen and oxygen atoms in total. The Kier molecular flexibility index (Phi) is 2.56. The number of nitrogens with zero attached hydrogens (tertiary/aromatic N) is 2. The molecular weight excluding hydrogens is 220 g/mol. The van der Waals surface area contributed by atoms with Crippen molar-refractivity contribution in [2.75, 3.05) is 0 Å². The van der Waals surface area contributed by atoms with E-state index in [1.165, 1.54) is 11.1 Å². The molecule has 0 saturated heterocycles. The molecule has 0 aliphatic heterocycles. The number of rotatable bonds is 1. The molecule has 0 atom stereocenters. The maximum atomic E-state index is 4.32. The molecule has 0 amide bonds. The number of aromatic nitrogens is 2. The largest absolute Gasteiger partial charge is 0.150 e. The summed E-state index contributed by atoms with van der Waals surface area (Å²) in [5.74, 6) is 0. The second-order valence-corrected chi connectivity index (χ2v) is 4.61. The van der Waals surface area contributed by atoms with E-state index in [-0.39, 0.29) is 0 Å². The molecular formula is C16H14N2. The minimum absolute atomic E-state index is 0.936. The first kappa shape index (κ1) is 10.9. The van der Waals surface area contributed by atoms with Crippen LogP contribution in [0.3, 0.4) is 0 Å². The third-order valence-electron chi connectivity index (χ3n) is 3.15. The van der Waals surface area contributed by atoms with Crippen LogP contribution < -0.4 is 0 Å². The monoisotopic (exact) mass is 234 g/mol. The molecule has 0 saturated carbocycles. The maximum absolute atomic E-state index is 4.32. The number of hydrogen-bond acceptors (Lipinski definition) is 2. The topological polar surface area (TPSA) is 25.8 Å². The van der Waals surface area contributed by atoms with Gasteiger partial charge in [-0.05, 0) is 31.5 Å². The van der Waals surface area contributed by atoms with Gasteiger partial charge in [-0.2, -0.15) is 0 Å². The molecule has 0 aliphatic carbocycles. The van der Waals surface area contributed by atoms with Crippen molar-refractivity contribution < 1.29 is 0 Å². The van der Waals surface area contributed by atoms with Crippen molar-refractivity contribution in [3.63, 3.8) is 0 Å².